The molecule has 3 heterocycles. The monoisotopic (exact) mass is 419 g/mol. The molecule has 0 aromatic carbocycles. The van der Waals surface area contributed by atoms with Crippen LogP contribution < -0.4 is 10.9 Å². The highest BCUT2D eigenvalue weighted by atomic mass is 32.2. The lowest BCUT2D eigenvalue weighted by Gasteiger charge is -2.11. The van der Waals surface area contributed by atoms with Crippen LogP contribution in [-0.4, -0.2) is 21.6 Å². The number of thioether (sulfide) groups is 1. The Morgan fingerprint density at radius 3 is 2.89 bits per heavy atom. The lowest BCUT2D eigenvalue weighted by atomic mass is 9.98. The second-order valence-electron chi connectivity index (χ2n) is 7.00. The van der Waals surface area contributed by atoms with Crippen molar-refractivity contribution in [3.05, 3.63) is 45.0 Å². The van der Waals surface area contributed by atoms with Crippen molar-refractivity contribution in [2.45, 2.75) is 51.7 Å². The molecule has 0 bridgehead atoms. The van der Waals surface area contributed by atoms with Crippen LogP contribution in [0.15, 0.2) is 32.8 Å². The minimum absolute atomic E-state index is 0.125. The number of thiophene rings is 1. The van der Waals surface area contributed by atoms with E-state index < -0.39 is 0 Å². The predicted octanol–water partition coefficient (Wildman–Crippen LogP) is 4.44. The molecule has 6 nitrogen and oxygen atoms in total. The summed E-state index contributed by atoms with van der Waals surface area (Å²) in [5.41, 5.74) is 0.976. The summed E-state index contributed by atoms with van der Waals surface area (Å²) >= 11 is 2.77. The molecule has 0 saturated heterocycles. The van der Waals surface area contributed by atoms with E-state index in [1.54, 1.807) is 23.7 Å². The van der Waals surface area contributed by atoms with Gasteiger partial charge in [0.15, 0.2) is 5.16 Å². The smallest absolute Gasteiger partial charge is 0.260 e. The van der Waals surface area contributed by atoms with Crippen LogP contribution in [0, 0.1) is 12.8 Å². The zero-order chi connectivity index (χ0) is 20.3. The van der Waals surface area contributed by atoms with E-state index in [-0.39, 0.29) is 23.3 Å². The van der Waals surface area contributed by atoms with E-state index in [9.17, 15) is 9.59 Å². The van der Waals surface area contributed by atoms with E-state index in [1.165, 1.54) is 11.8 Å². The van der Waals surface area contributed by atoms with Gasteiger partial charge in [0.25, 0.3) is 5.56 Å². The van der Waals surface area contributed by atoms with Gasteiger partial charge in [-0.05, 0) is 43.9 Å². The fourth-order valence-electron chi connectivity index (χ4n) is 2.99. The van der Waals surface area contributed by atoms with Gasteiger partial charge in [-0.3, -0.25) is 9.59 Å². The minimum atomic E-state index is -0.208. The number of nitrogens with zero attached hydrogens (tertiary/aromatic N) is 1. The number of hydrogen-bond donors (Lipinski definition) is 2. The first-order valence-corrected chi connectivity index (χ1v) is 11.2. The number of hydrogen-bond acceptors (Lipinski definition) is 6. The van der Waals surface area contributed by atoms with Crippen molar-refractivity contribution in [1.29, 1.82) is 0 Å². The number of H-pyrrole nitrogens is 1. The van der Waals surface area contributed by atoms with Gasteiger partial charge in [0.2, 0.25) is 5.91 Å². The number of amides is 1. The van der Waals surface area contributed by atoms with E-state index in [1.807, 2.05) is 19.9 Å². The Balaban J connectivity index is 1.70. The van der Waals surface area contributed by atoms with Crippen LogP contribution in [0.2, 0.25) is 0 Å². The molecule has 3 rings (SSSR count). The molecule has 150 valence electrons. The molecule has 0 fully saturated rings. The number of aromatic amines is 1. The zero-order valence-corrected chi connectivity index (χ0v) is 18.1. The molecule has 28 heavy (non-hydrogen) atoms. The van der Waals surface area contributed by atoms with Crippen molar-refractivity contribution >= 4 is 39.2 Å². The molecule has 8 heteroatoms. The van der Waals surface area contributed by atoms with Crippen LogP contribution in [0.4, 0.5) is 0 Å². The van der Waals surface area contributed by atoms with Crippen LogP contribution in [0.3, 0.4) is 0 Å². The van der Waals surface area contributed by atoms with Crippen LogP contribution in [0.5, 0.6) is 0 Å². The average molecular weight is 420 g/mol. The second-order valence-corrected chi connectivity index (χ2v) is 9.17. The molecule has 3 aromatic rings. The summed E-state index contributed by atoms with van der Waals surface area (Å²) in [6.45, 7) is 8.25. The van der Waals surface area contributed by atoms with Crippen molar-refractivity contribution in [2.24, 2.45) is 5.92 Å². The minimum Gasteiger partial charge on any atom is -0.467 e. The first kappa shape index (κ1) is 20.7. The Labute approximate surface area is 172 Å². The third-order valence-corrected chi connectivity index (χ3v) is 6.69. The van der Waals surface area contributed by atoms with Crippen LogP contribution >= 0.6 is 23.1 Å². The lowest BCUT2D eigenvalue weighted by Crippen LogP contribution is -2.28. The molecule has 2 N–H and O–H groups in total. The number of furan rings is 1. The molecule has 1 amide bonds. The van der Waals surface area contributed by atoms with Gasteiger partial charge in [-0.2, -0.15) is 0 Å². The molecule has 0 radical (unpaired) electrons. The number of fused-ring (bicyclic) bond motifs is 1. The van der Waals surface area contributed by atoms with Gasteiger partial charge in [0.1, 0.15) is 10.6 Å². The van der Waals surface area contributed by atoms with Gasteiger partial charge >= 0.3 is 0 Å². The Hall–Kier alpha value is -2.06. The van der Waals surface area contributed by atoms with Gasteiger partial charge in [-0.15, -0.1) is 11.3 Å². The maximum atomic E-state index is 12.7. The second kappa shape index (κ2) is 8.96. The number of aromatic nitrogens is 2. The highest BCUT2D eigenvalue weighted by Crippen LogP contribution is 2.30. The summed E-state index contributed by atoms with van der Waals surface area (Å²) in [5.74, 6) is 1.25. The SMILES string of the molecule is CC[C@@H](C)Cc1c(C)sc2nc(SCC(=O)N[C@@H](C)c3ccco3)[nH]c(=O)c12. The standard InChI is InChI=1S/C20H25N3O3S2/c1-5-11(2)9-14-13(4)28-19-17(14)18(25)22-20(23-19)27-10-16(24)21-12(3)15-7-6-8-26-15/h6-8,11-12H,5,9-10H2,1-4H3,(H,21,24)(H,22,23,25)/t11-,12+/m1/s1. The highest BCUT2D eigenvalue weighted by Gasteiger charge is 2.18. The number of carbonyl (C=O) groups is 1. The first-order valence-electron chi connectivity index (χ1n) is 9.36. The Bertz CT molecular complexity index is 1010. The fourth-order valence-corrected chi connectivity index (χ4v) is 4.77. The molecule has 0 aliphatic heterocycles. The topological polar surface area (TPSA) is 88.0 Å². The van der Waals surface area contributed by atoms with Gasteiger partial charge in [-0.25, -0.2) is 4.98 Å². The summed E-state index contributed by atoms with van der Waals surface area (Å²) in [5, 5.41) is 4.04. The van der Waals surface area contributed by atoms with E-state index >= 15 is 0 Å². The number of rotatable bonds is 8. The lowest BCUT2D eigenvalue weighted by molar-refractivity contribution is -0.119. The number of aryl methyl sites for hydroxylation is 1. The van der Waals surface area contributed by atoms with Crippen molar-refractivity contribution in [3.8, 4) is 0 Å². The molecule has 0 aliphatic rings. The summed E-state index contributed by atoms with van der Waals surface area (Å²) in [6, 6.07) is 3.40. The summed E-state index contributed by atoms with van der Waals surface area (Å²) < 4.78 is 5.29. The zero-order valence-electron chi connectivity index (χ0n) is 16.5. The van der Waals surface area contributed by atoms with E-state index in [2.05, 4.69) is 29.1 Å². The summed E-state index contributed by atoms with van der Waals surface area (Å²) in [6.07, 6.45) is 3.53. The van der Waals surface area contributed by atoms with Crippen molar-refractivity contribution < 1.29 is 9.21 Å². The van der Waals surface area contributed by atoms with Gasteiger partial charge in [0.05, 0.1) is 23.4 Å². The summed E-state index contributed by atoms with van der Waals surface area (Å²) in [7, 11) is 0. The van der Waals surface area contributed by atoms with Crippen molar-refractivity contribution in [1.82, 2.24) is 15.3 Å². The van der Waals surface area contributed by atoms with Crippen LogP contribution in [0.25, 0.3) is 10.2 Å². The fraction of sp³-hybridized carbons (Fsp3) is 0.450. The maximum absolute atomic E-state index is 12.7. The molecule has 0 saturated carbocycles. The molecule has 0 spiro atoms. The Morgan fingerprint density at radius 1 is 1.43 bits per heavy atom. The van der Waals surface area contributed by atoms with E-state index in [4.69, 9.17) is 4.42 Å². The first-order chi connectivity index (χ1) is 13.4. The third kappa shape index (κ3) is 4.67. The molecular weight excluding hydrogens is 394 g/mol. The molecule has 0 unspecified atom stereocenters. The van der Waals surface area contributed by atoms with E-state index in [0.29, 0.717) is 22.2 Å². The third-order valence-electron chi connectivity index (χ3n) is 4.78. The predicted molar refractivity (Wildman–Crippen MR) is 114 cm³/mol. The Morgan fingerprint density at radius 2 is 2.21 bits per heavy atom. The average Bonchev–Trinajstić information content (AvgIpc) is 3.29. The van der Waals surface area contributed by atoms with Gasteiger partial charge < -0.3 is 14.7 Å². The number of carbonyl (C=O) groups excluding carboxylic acids is 1. The molecular formula is C20H25N3O3S2. The largest absolute Gasteiger partial charge is 0.467 e. The quantitative estimate of drug-likeness (QED) is 0.416. The highest BCUT2D eigenvalue weighted by molar-refractivity contribution is 7.99. The summed E-state index contributed by atoms with van der Waals surface area (Å²) in [4.78, 5) is 34.2. The van der Waals surface area contributed by atoms with Gasteiger partial charge in [0, 0.05) is 4.88 Å². The van der Waals surface area contributed by atoms with Crippen LogP contribution in [-0.2, 0) is 11.2 Å². The van der Waals surface area contributed by atoms with Crippen LogP contribution in [0.1, 0.15) is 49.4 Å². The molecule has 3 aromatic heterocycles. The van der Waals surface area contributed by atoms with Crippen molar-refractivity contribution in [3.63, 3.8) is 0 Å². The van der Waals surface area contributed by atoms with E-state index in [0.717, 1.165) is 28.1 Å². The maximum Gasteiger partial charge on any atom is 0.260 e. The van der Waals surface area contributed by atoms with Gasteiger partial charge in [-0.1, -0.05) is 32.0 Å². The Kier molecular flexibility index (Phi) is 6.61. The normalized spacial score (nSPS) is 13.6. The molecule has 2 atom stereocenters. The number of nitrogens with one attached hydrogen (secondary N) is 2. The molecule has 0 aliphatic carbocycles. The van der Waals surface area contributed by atoms with Crippen molar-refractivity contribution in [2.75, 3.05) is 5.75 Å².